The van der Waals surface area contributed by atoms with E-state index in [-0.39, 0.29) is 5.91 Å². The van der Waals surface area contributed by atoms with Crippen LogP contribution in [0, 0.1) is 0 Å². The van der Waals surface area contributed by atoms with Crippen LogP contribution < -0.4 is 5.32 Å². The Morgan fingerprint density at radius 2 is 1.53 bits per heavy atom. The Labute approximate surface area is 206 Å². The molecule has 1 aromatic heterocycles. The number of rotatable bonds is 10. The van der Waals surface area contributed by atoms with Crippen molar-refractivity contribution in [3.63, 3.8) is 0 Å². The van der Waals surface area contributed by atoms with Crippen LogP contribution in [0.3, 0.4) is 0 Å². The molecule has 0 aliphatic heterocycles. The molecule has 1 amide bonds. The van der Waals surface area contributed by atoms with Gasteiger partial charge in [0.2, 0.25) is 0 Å². The highest BCUT2D eigenvalue weighted by Gasteiger charge is 2.20. The molecule has 0 unspecified atom stereocenters. The van der Waals surface area contributed by atoms with Gasteiger partial charge in [-0.1, -0.05) is 98.4 Å². The van der Waals surface area contributed by atoms with Crippen molar-refractivity contribution < 1.29 is 4.79 Å². The van der Waals surface area contributed by atoms with Gasteiger partial charge in [0.25, 0.3) is 5.91 Å². The van der Waals surface area contributed by atoms with Crippen molar-refractivity contribution in [2.24, 2.45) is 0 Å². The van der Waals surface area contributed by atoms with Gasteiger partial charge in [0.05, 0.1) is 11.4 Å². The van der Waals surface area contributed by atoms with Crippen LogP contribution in [0.15, 0.2) is 90.1 Å². The summed E-state index contributed by atoms with van der Waals surface area (Å²) in [7, 11) is 0. The van der Waals surface area contributed by atoms with Crippen LogP contribution in [0.5, 0.6) is 0 Å². The maximum Gasteiger partial charge on any atom is 0.251 e. The number of aromatic nitrogens is 2. The molecule has 0 fully saturated rings. The van der Waals surface area contributed by atoms with Gasteiger partial charge in [-0.25, -0.2) is 4.98 Å². The Kier molecular flexibility index (Phi) is 8.21. The fourth-order valence-electron chi connectivity index (χ4n) is 3.96. The predicted molar refractivity (Wildman–Crippen MR) is 142 cm³/mol. The number of hydrogen-bond acceptors (Lipinski definition) is 3. The first-order valence-electron chi connectivity index (χ1n) is 11.9. The zero-order valence-corrected chi connectivity index (χ0v) is 20.6. The van der Waals surface area contributed by atoms with E-state index in [1.54, 1.807) is 11.8 Å². The number of nitrogens with zero attached hydrogens (tertiary/aromatic N) is 2. The number of carbonyl (C=O) groups is 1. The number of carbonyl (C=O) groups excluding carboxylic acids is 1. The lowest BCUT2D eigenvalue weighted by atomic mass is 10.0. The third-order valence-corrected chi connectivity index (χ3v) is 6.70. The number of amides is 1. The minimum absolute atomic E-state index is 0.0323. The van der Waals surface area contributed by atoms with E-state index in [0.29, 0.717) is 12.1 Å². The van der Waals surface area contributed by atoms with Crippen LogP contribution >= 0.6 is 11.8 Å². The Morgan fingerprint density at radius 3 is 2.15 bits per heavy atom. The maximum absolute atomic E-state index is 12.5. The van der Waals surface area contributed by atoms with Gasteiger partial charge < -0.3 is 9.88 Å². The molecule has 4 nitrogen and oxygen atoms in total. The Balaban J connectivity index is 1.53. The summed E-state index contributed by atoms with van der Waals surface area (Å²) in [5, 5.41) is 4.03. The average Bonchev–Trinajstić information content (AvgIpc) is 3.26. The monoisotopic (exact) mass is 469 g/mol. The first kappa shape index (κ1) is 23.8. The summed E-state index contributed by atoms with van der Waals surface area (Å²) in [6, 6.07) is 28.7. The van der Waals surface area contributed by atoms with E-state index >= 15 is 0 Å². The van der Waals surface area contributed by atoms with Gasteiger partial charge in [-0.15, -0.1) is 0 Å². The lowest BCUT2D eigenvalue weighted by Crippen LogP contribution is -2.25. The fourth-order valence-corrected chi connectivity index (χ4v) is 4.84. The first-order chi connectivity index (χ1) is 16.7. The highest BCUT2D eigenvalue weighted by molar-refractivity contribution is 7.99. The normalized spacial score (nSPS) is 10.9. The van der Waals surface area contributed by atoms with Crippen molar-refractivity contribution in [1.29, 1.82) is 0 Å². The zero-order valence-electron chi connectivity index (χ0n) is 19.8. The Hall–Kier alpha value is -3.31. The van der Waals surface area contributed by atoms with E-state index in [9.17, 15) is 4.79 Å². The summed E-state index contributed by atoms with van der Waals surface area (Å²) in [4.78, 5) is 17.6. The second-order valence-electron chi connectivity index (χ2n) is 8.13. The maximum atomic E-state index is 12.5. The lowest BCUT2D eigenvalue weighted by Gasteiger charge is -2.12. The van der Waals surface area contributed by atoms with Crippen LogP contribution in [-0.2, 0) is 13.0 Å². The molecule has 0 spiro atoms. The van der Waals surface area contributed by atoms with Crippen molar-refractivity contribution in [2.45, 2.75) is 38.4 Å². The third-order valence-electron chi connectivity index (χ3n) is 5.72. The second kappa shape index (κ2) is 11.7. The standard InChI is InChI=1S/C29H31N3OS/c1-3-20-32-27(24-13-9-6-10-14-24)26(23-11-7-5-8-12-23)31-29(32)34-21-19-30-28(33)25-17-15-22(4-2)16-18-25/h5-18H,3-4,19-21H2,1-2H3,(H,30,33). The zero-order chi connectivity index (χ0) is 23.8. The summed E-state index contributed by atoms with van der Waals surface area (Å²) in [5.41, 5.74) is 6.37. The van der Waals surface area contributed by atoms with Crippen molar-refractivity contribution in [2.75, 3.05) is 12.3 Å². The van der Waals surface area contributed by atoms with E-state index in [4.69, 9.17) is 4.98 Å². The highest BCUT2D eigenvalue weighted by atomic mass is 32.2. The average molecular weight is 470 g/mol. The minimum atomic E-state index is -0.0323. The molecule has 174 valence electrons. The lowest BCUT2D eigenvalue weighted by molar-refractivity contribution is 0.0956. The van der Waals surface area contributed by atoms with Gasteiger partial charge in [-0.05, 0) is 30.5 Å². The van der Waals surface area contributed by atoms with Gasteiger partial charge in [0.1, 0.15) is 0 Å². The summed E-state index contributed by atoms with van der Waals surface area (Å²) in [6.07, 6.45) is 1.99. The van der Waals surface area contributed by atoms with E-state index in [0.717, 1.165) is 52.8 Å². The number of nitrogens with one attached hydrogen (secondary N) is 1. The predicted octanol–water partition coefficient (Wildman–Crippen LogP) is 6.71. The van der Waals surface area contributed by atoms with Crippen molar-refractivity contribution in [1.82, 2.24) is 14.9 Å². The van der Waals surface area contributed by atoms with Crippen molar-refractivity contribution in [3.05, 3.63) is 96.1 Å². The molecule has 0 atom stereocenters. The largest absolute Gasteiger partial charge is 0.351 e. The van der Waals surface area contributed by atoms with Gasteiger partial charge in [0, 0.05) is 35.5 Å². The molecule has 1 N–H and O–H groups in total. The minimum Gasteiger partial charge on any atom is -0.351 e. The van der Waals surface area contributed by atoms with E-state index < -0.39 is 0 Å². The third kappa shape index (κ3) is 5.60. The molecule has 5 heteroatoms. The topological polar surface area (TPSA) is 46.9 Å². The molecular formula is C29H31N3OS. The molecule has 4 aromatic rings. The van der Waals surface area contributed by atoms with Gasteiger partial charge in [0.15, 0.2) is 5.16 Å². The summed E-state index contributed by atoms with van der Waals surface area (Å²) < 4.78 is 2.33. The van der Waals surface area contributed by atoms with Gasteiger partial charge in [-0.2, -0.15) is 0 Å². The molecule has 3 aromatic carbocycles. The number of aryl methyl sites for hydroxylation is 1. The van der Waals surface area contributed by atoms with Crippen LogP contribution in [-0.4, -0.2) is 27.8 Å². The molecule has 0 aliphatic carbocycles. The number of hydrogen-bond donors (Lipinski definition) is 1. The van der Waals surface area contributed by atoms with Gasteiger partial charge >= 0.3 is 0 Å². The number of thioether (sulfide) groups is 1. The Bertz CT molecular complexity index is 1200. The number of benzene rings is 3. The molecule has 0 bridgehead atoms. The Morgan fingerprint density at radius 1 is 0.882 bits per heavy atom. The molecule has 0 saturated heterocycles. The molecule has 4 rings (SSSR count). The molecule has 34 heavy (non-hydrogen) atoms. The van der Waals surface area contributed by atoms with Crippen LogP contribution in [0.4, 0.5) is 0 Å². The molecule has 1 heterocycles. The molecule has 0 saturated carbocycles. The molecule has 0 aliphatic rings. The molecule has 0 radical (unpaired) electrons. The number of imidazole rings is 1. The highest BCUT2D eigenvalue weighted by Crippen LogP contribution is 2.36. The fraction of sp³-hybridized carbons (Fsp3) is 0.241. The summed E-state index contributed by atoms with van der Waals surface area (Å²) in [6.45, 7) is 5.78. The van der Waals surface area contributed by atoms with E-state index in [1.165, 1.54) is 5.56 Å². The second-order valence-corrected chi connectivity index (χ2v) is 9.19. The van der Waals surface area contributed by atoms with Crippen LogP contribution in [0.25, 0.3) is 22.5 Å². The quantitative estimate of drug-likeness (QED) is 0.207. The van der Waals surface area contributed by atoms with E-state index in [1.807, 2.05) is 36.4 Å². The summed E-state index contributed by atoms with van der Waals surface area (Å²) >= 11 is 1.69. The summed E-state index contributed by atoms with van der Waals surface area (Å²) in [5.74, 6) is 0.720. The SMILES string of the molecule is CCCn1c(SCCNC(=O)c2ccc(CC)cc2)nc(-c2ccccc2)c1-c1ccccc1. The van der Waals surface area contributed by atoms with Crippen LogP contribution in [0.2, 0.25) is 0 Å². The van der Waals surface area contributed by atoms with E-state index in [2.05, 4.69) is 72.3 Å². The first-order valence-corrected chi connectivity index (χ1v) is 12.9. The molecular weight excluding hydrogens is 438 g/mol. The van der Waals surface area contributed by atoms with Gasteiger partial charge in [-0.3, -0.25) is 4.79 Å². The smallest absolute Gasteiger partial charge is 0.251 e. The van der Waals surface area contributed by atoms with Crippen molar-refractivity contribution in [3.8, 4) is 22.5 Å². The van der Waals surface area contributed by atoms with Crippen LogP contribution in [0.1, 0.15) is 36.2 Å². The van der Waals surface area contributed by atoms with Crippen molar-refractivity contribution >= 4 is 17.7 Å².